The summed E-state index contributed by atoms with van der Waals surface area (Å²) < 4.78 is 114. The maximum absolute atomic E-state index is 13.9. The van der Waals surface area contributed by atoms with Crippen LogP contribution >= 0.6 is 0 Å². The molecule has 0 bridgehead atoms. The van der Waals surface area contributed by atoms with Gasteiger partial charge in [-0.2, -0.15) is 26.3 Å². The summed E-state index contributed by atoms with van der Waals surface area (Å²) in [4.78, 5) is 124. The molecule has 0 unspecified atom stereocenters. The third-order valence-electron chi connectivity index (χ3n) is 12.3. The summed E-state index contributed by atoms with van der Waals surface area (Å²) in [6.07, 6.45) is -8.15. The number of halogens is 8. The van der Waals surface area contributed by atoms with E-state index in [-0.39, 0.29) is 58.9 Å². The molecule has 6 rings (SSSR count). The fourth-order valence-electron chi connectivity index (χ4n) is 8.24. The second-order valence-corrected chi connectivity index (χ2v) is 18.5. The van der Waals surface area contributed by atoms with Crippen LogP contribution in [-0.2, 0) is 38.4 Å². The van der Waals surface area contributed by atoms with Crippen molar-refractivity contribution in [2.75, 3.05) is 102 Å². The lowest BCUT2D eigenvalue weighted by Gasteiger charge is -2.39. The quantitative estimate of drug-likeness (QED) is 0.113. The van der Waals surface area contributed by atoms with Crippen LogP contribution in [0.4, 0.5) is 56.1 Å². The van der Waals surface area contributed by atoms with E-state index in [4.69, 9.17) is 19.1 Å². The minimum absolute atomic E-state index is 0.0437. The minimum Gasteiger partial charge on any atom is -0.482 e. The topological polar surface area (TPSA) is 199 Å². The van der Waals surface area contributed by atoms with Gasteiger partial charge in [0.15, 0.2) is 13.2 Å². The molecule has 0 saturated carbocycles. The highest BCUT2D eigenvalue weighted by Crippen LogP contribution is 2.35. The van der Waals surface area contributed by atoms with Crippen molar-refractivity contribution >= 4 is 59.0 Å². The molecule has 0 aliphatic carbocycles. The predicted molar refractivity (Wildman–Crippen MR) is 239 cm³/mol. The number of carbonyl (C=O) groups is 8. The Kier molecular flexibility index (Phi) is 17.1. The monoisotopic (exact) mass is 1060 g/mol. The van der Waals surface area contributed by atoms with Gasteiger partial charge in [-0.05, 0) is 77.9 Å². The molecule has 0 aromatic heterocycles. The number of urea groups is 2. The second-order valence-electron chi connectivity index (χ2n) is 18.5. The highest BCUT2D eigenvalue weighted by Gasteiger charge is 2.55. The number of hydrogen-bond acceptors (Lipinski definition) is 16. The highest BCUT2D eigenvalue weighted by atomic mass is 19.4. The molecule has 0 spiro atoms. The van der Waals surface area contributed by atoms with Crippen molar-refractivity contribution in [3.8, 4) is 11.5 Å². The van der Waals surface area contributed by atoms with Crippen molar-refractivity contribution in [3.63, 3.8) is 0 Å². The van der Waals surface area contributed by atoms with Crippen molar-refractivity contribution in [1.82, 2.24) is 29.7 Å². The number of nitrogens with zero attached hydrogens (tertiary/aromatic N) is 8. The molecular formula is C46H52F8N8O12. The summed E-state index contributed by atoms with van der Waals surface area (Å²) in [6, 6.07) is 3.90. The third-order valence-corrected chi connectivity index (χ3v) is 12.3. The zero-order valence-electron chi connectivity index (χ0n) is 40.4. The van der Waals surface area contributed by atoms with Crippen LogP contribution in [0.1, 0.15) is 40.5 Å². The molecule has 20 nitrogen and oxygen atoms in total. The SMILES string of the molecule is CC1(C)C(=O)N(CCCN2CCN(c3ccc(F)cc3OCC(F)(F)F)CC2)C(=O)N(OC(=O)/C=C/C(=O)ON2C(=O)N(CCCN3CCN(c4ccc(F)cc4OCC(F)(F)F)CC3)C(=O)C(C)(C)C2=O)C1=O. The van der Waals surface area contributed by atoms with Crippen LogP contribution in [0.5, 0.6) is 11.5 Å². The molecule has 2 aromatic carbocycles. The van der Waals surface area contributed by atoms with Gasteiger partial charge in [-0.25, -0.2) is 28.0 Å². The number of amides is 8. The molecule has 4 aliphatic rings. The van der Waals surface area contributed by atoms with Crippen LogP contribution in [0.2, 0.25) is 0 Å². The summed E-state index contributed by atoms with van der Waals surface area (Å²) in [7, 11) is 0. The van der Waals surface area contributed by atoms with Gasteiger partial charge in [0.1, 0.15) is 34.0 Å². The van der Waals surface area contributed by atoms with Crippen LogP contribution in [0, 0.1) is 22.5 Å². The number of hydroxylamine groups is 4. The molecule has 4 aliphatic heterocycles. The Morgan fingerprint density at radius 3 is 1.19 bits per heavy atom. The van der Waals surface area contributed by atoms with E-state index in [1.54, 1.807) is 9.80 Å². The van der Waals surface area contributed by atoms with Crippen molar-refractivity contribution in [2.24, 2.45) is 10.8 Å². The van der Waals surface area contributed by atoms with E-state index in [9.17, 15) is 73.5 Å². The lowest BCUT2D eigenvalue weighted by atomic mass is 9.88. The highest BCUT2D eigenvalue weighted by molar-refractivity contribution is 6.19. The fourth-order valence-corrected chi connectivity index (χ4v) is 8.24. The van der Waals surface area contributed by atoms with Crippen molar-refractivity contribution in [3.05, 3.63) is 60.2 Å². The zero-order chi connectivity index (χ0) is 54.5. The molecule has 0 N–H and O–H groups in total. The van der Waals surface area contributed by atoms with Gasteiger partial charge in [0, 0.05) is 89.7 Å². The third kappa shape index (κ3) is 13.5. The number of benzene rings is 2. The van der Waals surface area contributed by atoms with Crippen LogP contribution in [0.3, 0.4) is 0 Å². The Morgan fingerprint density at radius 1 is 0.527 bits per heavy atom. The number of carbonyl (C=O) groups excluding carboxylic acids is 8. The van der Waals surface area contributed by atoms with Crippen LogP contribution in [-0.4, -0.2) is 181 Å². The summed E-state index contributed by atoms with van der Waals surface area (Å²) in [5.41, 5.74) is -3.31. The van der Waals surface area contributed by atoms with E-state index in [1.807, 2.05) is 9.80 Å². The van der Waals surface area contributed by atoms with E-state index in [2.05, 4.69) is 0 Å². The summed E-state index contributed by atoms with van der Waals surface area (Å²) in [5.74, 6) is -9.37. The fraction of sp³-hybridized carbons (Fsp3) is 0.522. The normalized spacial score (nSPS) is 19.2. The van der Waals surface area contributed by atoms with Gasteiger partial charge in [-0.15, -0.1) is 0 Å². The van der Waals surface area contributed by atoms with Crippen molar-refractivity contribution < 1.29 is 92.6 Å². The molecule has 0 radical (unpaired) electrons. The van der Waals surface area contributed by atoms with E-state index >= 15 is 0 Å². The number of alkyl halides is 6. The first-order chi connectivity index (χ1) is 34.6. The number of hydrogen-bond donors (Lipinski definition) is 0. The lowest BCUT2D eigenvalue weighted by Crippen LogP contribution is -2.63. The molecule has 404 valence electrons. The number of imide groups is 4. The maximum atomic E-state index is 13.9. The first-order valence-corrected chi connectivity index (χ1v) is 23.0. The average molecular weight is 1060 g/mol. The van der Waals surface area contributed by atoms with Gasteiger partial charge >= 0.3 is 36.4 Å². The minimum atomic E-state index is -4.64. The lowest BCUT2D eigenvalue weighted by molar-refractivity contribution is -0.197. The van der Waals surface area contributed by atoms with E-state index in [0.29, 0.717) is 87.4 Å². The molecule has 4 fully saturated rings. The molecule has 28 heteroatoms. The van der Waals surface area contributed by atoms with Gasteiger partial charge in [0.05, 0.1) is 11.4 Å². The largest absolute Gasteiger partial charge is 0.482 e. The molecule has 2 aromatic rings. The molecule has 4 heterocycles. The van der Waals surface area contributed by atoms with Crippen LogP contribution in [0.15, 0.2) is 48.6 Å². The van der Waals surface area contributed by atoms with Gasteiger partial charge in [-0.3, -0.25) is 38.8 Å². The smallest absolute Gasteiger partial charge is 0.422 e. The average Bonchev–Trinajstić information content (AvgIpc) is 3.33. The Morgan fingerprint density at radius 2 is 0.865 bits per heavy atom. The number of piperazine rings is 2. The Balaban J connectivity index is 0.979. The van der Waals surface area contributed by atoms with Gasteiger partial charge in [0.25, 0.3) is 11.8 Å². The molecule has 8 amide bonds. The van der Waals surface area contributed by atoms with Crippen LogP contribution in [0.25, 0.3) is 0 Å². The molecule has 4 saturated heterocycles. The molecular weight excluding hydrogens is 1010 g/mol. The molecule has 74 heavy (non-hydrogen) atoms. The first kappa shape index (κ1) is 56.2. The Hall–Kier alpha value is -7.10. The van der Waals surface area contributed by atoms with Crippen LogP contribution < -0.4 is 19.3 Å². The van der Waals surface area contributed by atoms with E-state index in [1.165, 1.54) is 39.8 Å². The van der Waals surface area contributed by atoms with E-state index < -0.39 is 95.7 Å². The first-order valence-electron chi connectivity index (χ1n) is 23.0. The standard InChI is InChI=1S/C46H52F8N8O12/c1-43(2)37(65)59(15-5-13-55-17-21-57(22-18-55)31-9-7-29(47)25-33(31)71-27-45(49,50)51)41(69)61(39(43)67)73-35(63)11-12-36(64)74-62-40(68)44(3,4)38(66)60(42(62)70)16-6-14-56-19-23-58(24-20-56)32-10-8-30(48)26-34(32)72-28-46(52,53)54/h7-12,25-26H,5-6,13-24,27-28H2,1-4H3/b12-11+. The molecule has 0 atom stereocenters. The Bertz CT molecular complexity index is 2360. The van der Waals surface area contributed by atoms with Gasteiger partial charge in [-0.1, -0.05) is 10.1 Å². The number of ether oxygens (including phenoxy) is 2. The Labute approximate surface area is 417 Å². The zero-order valence-corrected chi connectivity index (χ0v) is 40.4. The van der Waals surface area contributed by atoms with E-state index in [0.717, 1.165) is 24.3 Å². The second kappa shape index (κ2) is 22.6. The summed E-state index contributed by atoms with van der Waals surface area (Å²) in [5, 5.41) is 0.0873. The van der Waals surface area contributed by atoms with Gasteiger partial charge in [0.2, 0.25) is 11.8 Å². The maximum Gasteiger partial charge on any atom is 0.422 e. The predicted octanol–water partition coefficient (Wildman–Crippen LogP) is 4.68. The summed E-state index contributed by atoms with van der Waals surface area (Å²) >= 11 is 0. The van der Waals surface area contributed by atoms with Crippen molar-refractivity contribution in [1.29, 1.82) is 0 Å². The number of anilines is 2. The van der Waals surface area contributed by atoms with Crippen molar-refractivity contribution in [2.45, 2.75) is 52.9 Å². The number of rotatable bonds is 18. The number of barbiturate groups is 2. The summed E-state index contributed by atoms with van der Waals surface area (Å²) in [6.45, 7) is 4.33. The van der Waals surface area contributed by atoms with Gasteiger partial charge < -0.3 is 28.9 Å².